The number of hydrogen-bond acceptors (Lipinski definition) is 3. The maximum absolute atomic E-state index is 11.3. The van der Waals surface area contributed by atoms with E-state index in [4.69, 9.17) is 5.11 Å². The number of aryl methyl sites for hydroxylation is 1. The maximum Gasteiger partial charge on any atom is 0.335 e. The number of hydrogen-bond donors (Lipinski definition) is 1. The van der Waals surface area contributed by atoms with Gasteiger partial charge in [0.15, 0.2) is 9.84 Å². The topological polar surface area (TPSA) is 76.4 Å². The predicted molar refractivity (Wildman–Crippen MR) is 68.4 cm³/mol. The Morgan fingerprint density at radius 2 is 2.00 bits per heavy atom. The Balaban J connectivity index is 2.59. The number of carboxylic acids is 1. The number of fused-ring (bicyclic) bond motifs is 1. The number of carbonyl (C=O) groups is 1. The molecular weight excluding hydrogens is 254 g/mol. The summed E-state index contributed by atoms with van der Waals surface area (Å²) in [6, 6.07) is 6.45. The van der Waals surface area contributed by atoms with Crippen molar-refractivity contribution in [2.24, 2.45) is 7.05 Å². The molecule has 0 aliphatic carbocycles. The van der Waals surface area contributed by atoms with Gasteiger partial charge < -0.3 is 9.67 Å². The number of carboxylic acid groups (broad SMARTS) is 1. The Labute approximate surface area is 105 Å². The number of nitrogens with zero attached hydrogens (tertiary/aromatic N) is 1. The molecule has 0 bridgehead atoms. The first-order valence-electron chi connectivity index (χ1n) is 5.27. The molecule has 0 saturated carbocycles. The first kappa shape index (κ1) is 12.6. The SMILES string of the molecule is Cn1c(CS(C)(=O)=O)cc2cc(C(=O)O)ccc21. The van der Waals surface area contributed by atoms with Crippen LogP contribution in [-0.2, 0) is 22.6 Å². The molecule has 5 nitrogen and oxygen atoms in total. The van der Waals surface area contributed by atoms with Crippen LogP contribution >= 0.6 is 0 Å². The highest BCUT2D eigenvalue weighted by atomic mass is 32.2. The van der Waals surface area contributed by atoms with E-state index in [1.807, 2.05) is 0 Å². The van der Waals surface area contributed by atoms with E-state index in [0.717, 1.165) is 10.9 Å². The van der Waals surface area contributed by atoms with Crippen LogP contribution < -0.4 is 0 Å². The van der Waals surface area contributed by atoms with E-state index in [1.165, 1.54) is 12.3 Å². The van der Waals surface area contributed by atoms with Crippen LogP contribution in [0.1, 0.15) is 16.1 Å². The molecule has 0 fully saturated rings. The third-order valence-corrected chi connectivity index (χ3v) is 3.62. The Kier molecular flexibility index (Phi) is 2.90. The van der Waals surface area contributed by atoms with Gasteiger partial charge in [0.05, 0.1) is 11.3 Å². The van der Waals surface area contributed by atoms with Crippen molar-refractivity contribution in [3.05, 3.63) is 35.5 Å². The van der Waals surface area contributed by atoms with Crippen molar-refractivity contribution < 1.29 is 18.3 Å². The maximum atomic E-state index is 11.3. The summed E-state index contributed by atoms with van der Waals surface area (Å²) in [5, 5.41) is 9.64. The molecule has 18 heavy (non-hydrogen) atoms. The molecule has 2 aromatic rings. The van der Waals surface area contributed by atoms with Crippen LogP contribution in [0.4, 0.5) is 0 Å². The smallest absolute Gasteiger partial charge is 0.335 e. The lowest BCUT2D eigenvalue weighted by atomic mass is 10.1. The third kappa shape index (κ3) is 2.38. The van der Waals surface area contributed by atoms with Crippen LogP contribution in [0.3, 0.4) is 0 Å². The first-order chi connectivity index (χ1) is 8.28. The van der Waals surface area contributed by atoms with E-state index in [-0.39, 0.29) is 11.3 Å². The molecule has 6 heteroatoms. The fourth-order valence-electron chi connectivity index (χ4n) is 1.95. The summed E-state index contributed by atoms with van der Waals surface area (Å²) in [5.41, 5.74) is 1.66. The van der Waals surface area contributed by atoms with Gasteiger partial charge in [-0.15, -0.1) is 0 Å². The lowest BCUT2D eigenvalue weighted by molar-refractivity contribution is 0.0697. The number of rotatable bonds is 3. The van der Waals surface area contributed by atoms with E-state index in [0.29, 0.717) is 5.69 Å². The Morgan fingerprint density at radius 3 is 2.56 bits per heavy atom. The van der Waals surface area contributed by atoms with Crippen LogP contribution in [0, 0.1) is 0 Å². The largest absolute Gasteiger partial charge is 0.478 e. The molecule has 1 heterocycles. The second kappa shape index (κ2) is 4.13. The molecule has 0 spiro atoms. The molecule has 0 amide bonds. The lowest BCUT2D eigenvalue weighted by Gasteiger charge is -2.02. The molecule has 0 unspecified atom stereocenters. The van der Waals surface area contributed by atoms with E-state index in [9.17, 15) is 13.2 Å². The molecule has 0 aliphatic heterocycles. The summed E-state index contributed by atoms with van der Waals surface area (Å²) in [4.78, 5) is 10.9. The molecule has 0 atom stereocenters. The summed E-state index contributed by atoms with van der Waals surface area (Å²) in [7, 11) is -1.34. The average Bonchev–Trinajstić information content (AvgIpc) is 2.53. The highest BCUT2D eigenvalue weighted by Gasteiger charge is 2.12. The summed E-state index contributed by atoms with van der Waals surface area (Å²) in [5.74, 6) is -1.05. The minimum atomic E-state index is -3.11. The number of aromatic nitrogens is 1. The quantitative estimate of drug-likeness (QED) is 0.912. The van der Waals surface area contributed by atoms with Crippen LogP contribution in [0.5, 0.6) is 0 Å². The van der Waals surface area contributed by atoms with Gasteiger partial charge in [0.25, 0.3) is 0 Å². The van der Waals surface area contributed by atoms with E-state index in [1.54, 1.807) is 29.8 Å². The minimum Gasteiger partial charge on any atom is -0.478 e. The Hall–Kier alpha value is -1.82. The van der Waals surface area contributed by atoms with Gasteiger partial charge in [-0.2, -0.15) is 0 Å². The summed E-state index contributed by atoms with van der Waals surface area (Å²) in [6.07, 6.45) is 1.17. The fraction of sp³-hybridized carbons (Fsp3) is 0.250. The number of aromatic carboxylic acids is 1. The van der Waals surface area contributed by atoms with Crippen molar-refractivity contribution in [2.75, 3.05) is 6.26 Å². The van der Waals surface area contributed by atoms with Crippen molar-refractivity contribution in [3.63, 3.8) is 0 Å². The molecule has 1 aromatic heterocycles. The van der Waals surface area contributed by atoms with Crippen LogP contribution in [0.15, 0.2) is 24.3 Å². The molecule has 0 aliphatic rings. The van der Waals surface area contributed by atoms with Gasteiger partial charge in [-0.1, -0.05) is 0 Å². The van der Waals surface area contributed by atoms with Gasteiger partial charge in [-0.05, 0) is 24.3 Å². The zero-order chi connectivity index (χ0) is 13.5. The zero-order valence-electron chi connectivity index (χ0n) is 10.0. The molecule has 0 saturated heterocycles. The van der Waals surface area contributed by atoms with Gasteiger partial charge in [-0.3, -0.25) is 0 Å². The van der Waals surface area contributed by atoms with Gasteiger partial charge >= 0.3 is 5.97 Å². The lowest BCUT2D eigenvalue weighted by Crippen LogP contribution is -2.05. The van der Waals surface area contributed by atoms with Crippen LogP contribution in [0.2, 0.25) is 0 Å². The van der Waals surface area contributed by atoms with Crippen molar-refractivity contribution in [3.8, 4) is 0 Å². The second-order valence-corrected chi connectivity index (χ2v) is 6.48. The molecule has 96 valence electrons. The first-order valence-corrected chi connectivity index (χ1v) is 7.33. The van der Waals surface area contributed by atoms with Gasteiger partial charge in [0.2, 0.25) is 0 Å². The third-order valence-electron chi connectivity index (χ3n) is 2.80. The van der Waals surface area contributed by atoms with Gasteiger partial charge in [-0.25, -0.2) is 13.2 Å². The summed E-state index contributed by atoms with van der Waals surface area (Å²) >= 11 is 0. The van der Waals surface area contributed by atoms with Gasteiger partial charge in [0, 0.05) is 29.9 Å². The normalized spacial score (nSPS) is 11.9. The molecule has 0 radical (unpaired) electrons. The average molecular weight is 267 g/mol. The number of sulfone groups is 1. The standard InChI is InChI=1S/C12H13NO4S/c1-13-10(7-18(2,16)17)6-9-5-8(12(14)15)3-4-11(9)13/h3-6H,7H2,1-2H3,(H,14,15). The Morgan fingerprint density at radius 1 is 1.33 bits per heavy atom. The molecule has 2 rings (SSSR count). The van der Waals surface area contributed by atoms with Crippen molar-refractivity contribution in [2.45, 2.75) is 5.75 Å². The minimum absolute atomic E-state index is 0.0550. The highest BCUT2D eigenvalue weighted by molar-refractivity contribution is 7.89. The highest BCUT2D eigenvalue weighted by Crippen LogP contribution is 2.21. The molecule has 1 aromatic carbocycles. The van der Waals surface area contributed by atoms with E-state index in [2.05, 4.69) is 0 Å². The molecular formula is C12H13NO4S. The number of benzene rings is 1. The Bertz CT molecular complexity index is 728. The zero-order valence-corrected chi connectivity index (χ0v) is 10.9. The van der Waals surface area contributed by atoms with Crippen LogP contribution in [-0.4, -0.2) is 30.3 Å². The van der Waals surface area contributed by atoms with E-state index >= 15 is 0 Å². The summed E-state index contributed by atoms with van der Waals surface area (Å²) in [6.45, 7) is 0. The fourth-order valence-corrected chi connectivity index (χ4v) is 2.76. The van der Waals surface area contributed by atoms with Crippen LogP contribution in [0.25, 0.3) is 10.9 Å². The van der Waals surface area contributed by atoms with Gasteiger partial charge in [0.1, 0.15) is 0 Å². The molecule has 1 N–H and O–H groups in total. The van der Waals surface area contributed by atoms with Crippen molar-refractivity contribution >= 4 is 26.7 Å². The predicted octanol–water partition coefficient (Wildman–Crippen LogP) is 1.42. The van der Waals surface area contributed by atoms with Crippen molar-refractivity contribution in [1.29, 1.82) is 0 Å². The second-order valence-electron chi connectivity index (χ2n) is 4.34. The van der Waals surface area contributed by atoms with Crippen molar-refractivity contribution in [1.82, 2.24) is 4.57 Å². The summed E-state index contributed by atoms with van der Waals surface area (Å²) < 4.78 is 24.4. The van der Waals surface area contributed by atoms with E-state index < -0.39 is 15.8 Å². The monoisotopic (exact) mass is 267 g/mol.